The Morgan fingerprint density at radius 3 is 2.64 bits per heavy atom. The van der Waals surface area contributed by atoms with E-state index in [0.717, 1.165) is 11.8 Å². The average molecular weight is 326 g/mol. The van der Waals surface area contributed by atoms with Crippen molar-refractivity contribution in [2.24, 2.45) is 0 Å². The van der Waals surface area contributed by atoms with Crippen LogP contribution in [0.4, 0.5) is 8.78 Å². The van der Waals surface area contributed by atoms with Gasteiger partial charge in [0.1, 0.15) is 11.6 Å². The van der Waals surface area contributed by atoms with Crippen LogP contribution in [0.25, 0.3) is 6.08 Å². The predicted molar refractivity (Wildman–Crippen MR) is 61.5 cm³/mol. The Balaban J connectivity index is 3.00. The fourth-order valence-corrected chi connectivity index (χ4v) is 1.57. The van der Waals surface area contributed by atoms with Crippen LogP contribution in [0.2, 0.25) is 0 Å². The van der Waals surface area contributed by atoms with Crippen LogP contribution in [0.1, 0.15) is 12.0 Å². The maximum atomic E-state index is 13.3. The Labute approximate surface area is 98.3 Å². The minimum Gasteiger partial charge on any atom is -0.206 e. The number of rotatable bonds is 3. The van der Waals surface area contributed by atoms with Gasteiger partial charge in [0.2, 0.25) is 0 Å². The molecule has 0 nitrogen and oxygen atoms in total. The highest BCUT2D eigenvalue weighted by Gasteiger charge is 2.08. The summed E-state index contributed by atoms with van der Waals surface area (Å²) in [6.07, 6.45) is 3.92. The highest BCUT2D eigenvalue weighted by atomic mass is 79.9. The van der Waals surface area contributed by atoms with Gasteiger partial charge >= 0.3 is 0 Å². The summed E-state index contributed by atoms with van der Waals surface area (Å²) in [5.41, 5.74) is 0.000301. The lowest BCUT2D eigenvalue weighted by Crippen LogP contribution is -1.89. The second-order valence-corrected chi connectivity index (χ2v) is 4.28. The summed E-state index contributed by atoms with van der Waals surface area (Å²) < 4.78 is 26.7. The van der Waals surface area contributed by atoms with Crippen molar-refractivity contribution in [2.75, 3.05) is 5.33 Å². The maximum Gasteiger partial charge on any atom is 0.147 e. The number of benzene rings is 1. The van der Waals surface area contributed by atoms with Gasteiger partial charge in [-0.3, -0.25) is 0 Å². The molecule has 0 heterocycles. The van der Waals surface area contributed by atoms with Crippen molar-refractivity contribution in [3.63, 3.8) is 0 Å². The fraction of sp³-hybridized carbons (Fsp3) is 0.200. The van der Waals surface area contributed by atoms with Crippen molar-refractivity contribution in [1.29, 1.82) is 0 Å². The quantitative estimate of drug-likeness (QED) is 0.566. The molecule has 0 saturated carbocycles. The zero-order valence-corrected chi connectivity index (χ0v) is 10.4. The second-order valence-electron chi connectivity index (χ2n) is 2.64. The lowest BCUT2D eigenvalue weighted by atomic mass is 10.2. The van der Waals surface area contributed by atoms with E-state index < -0.39 is 11.6 Å². The maximum absolute atomic E-state index is 13.3. The molecule has 76 valence electrons. The molecule has 1 rings (SSSR count). The van der Waals surface area contributed by atoms with E-state index in [-0.39, 0.29) is 10.0 Å². The Bertz CT molecular complexity index is 348. The van der Waals surface area contributed by atoms with Crippen LogP contribution in [-0.4, -0.2) is 5.33 Å². The van der Waals surface area contributed by atoms with Crippen LogP contribution in [0.15, 0.2) is 22.7 Å². The molecule has 4 heteroatoms. The lowest BCUT2D eigenvalue weighted by molar-refractivity contribution is 0.574. The Morgan fingerprint density at radius 1 is 1.29 bits per heavy atom. The van der Waals surface area contributed by atoms with E-state index in [1.54, 1.807) is 6.08 Å². The molecule has 0 atom stereocenters. The predicted octanol–water partition coefficient (Wildman–Crippen LogP) is 4.53. The number of allylic oxidation sites excluding steroid dienone is 1. The molecule has 1 aromatic rings. The summed E-state index contributed by atoms with van der Waals surface area (Å²) in [4.78, 5) is 0. The molecule has 0 fully saturated rings. The lowest BCUT2D eigenvalue weighted by Gasteiger charge is -2.00. The Hall–Kier alpha value is -0.220. The van der Waals surface area contributed by atoms with Crippen molar-refractivity contribution < 1.29 is 8.78 Å². The van der Waals surface area contributed by atoms with E-state index in [9.17, 15) is 8.78 Å². The van der Waals surface area contributed by atoms with Crippen molar-refractivity contribution in [1.82, 2.24) is 0 Å². The zero-order valence-electron chi connectivity index (χ0n) is 7.24. The van der Waals surface area contributed by atoms with Gasteiger partial charge in [0.15, 0.2) is 0 Å². The SMILES string of the molecule is Fc1ccc(Br)c(F)c1/C=C/CCBr. The number of hydrogen-bond donors (Lipinski definition) is 0. The monoisotopic (exact) mass is 324 g/mol. The van der Waals surface area contributed by atoms with Crippen molar-refractivity contribution in [2.45, 2.75) is 6.42 Å². The van der Waals surface area contributed by atoms with Crippen molar-refractivity contribution in [3.8, 4) is 0 Å². The van der Waals surface area contributed by atoms with E-state index in [2.05, 4.69) is 31.9 Å². The molecule has 0 spiro atoms. The molecule has 0 amide bonds. The minimum atomic E-state index is -0.559. The van der Waals surface area contributed by atoms with Gasteiger partial charge in [0.05, 0.1) is 4.47 Å². The van der Waals surface area contributed by atoms with Gasteiger partial charge < -0.3 is 0 Å². The summed E-state index contributed by atoms with van der Waals surface area (Å²) in [6, 6.07) is 2.59. The molecule has 0 aliphatic carbocycles. The van der Waals surface area contributed by atoms with Gasteiger partial charge in [-0.15, -0.1) is 0 Å². The van der Waals surface area contributed by atoms with Gasteiger partial charge in [-0.2, -0.15) is 0 Å². The molecule has 0 N–H and O–H groups in total. The van der Waals surface area contributed by atoms with Gasteiger partial charge in [0.25, 0.3) is 0 Å². The third-order valence-corrected chi connectivity index (χ3v) is 2.71. The summed E-state index contributed by atoms with van der Waals surface area (Å²) in [5.74, 6) is -1.10. The molecule has 1 aromatic carbocycles. The Morgan fingerprint density at radius 2 is 2.00 bits per heavy atom. The fourth-order valence-electron chi connectivity index (χ4n) is 0.960. The number of halogens is 4. The van der Waals surface area contributed by atoms with E-state index in [0.29, 0.717) is 0 Å². The average Bonchev–Trinajstić information content (AvgIpc) is 2.18. The largest absolute Gasteiger partial charge is 0.206 e. The van der Waals surface area contributed by atoms with Gasteiger partial charge in [-0.25, -0.2) is 8.78 Å². The van der Waals surface area contributed by atoms with Crippen LogP contribution in [-0.2, 0) is 0 Å². The van der Waals surface area contributed by atoms with Crippen LogP contribution < -0.4 is 0 Å². The van der Waals surface area contributed by atoms with Gasteiger partial charge in [0, 0.05) is 10.9 Å². The molecule has 0 aromatic heterocycles. The summed E-state index contributed by atoms with van der Waals surface area (Å²) in [7, 11) is 0. The van der Waals surface area contributed by atoms with Gasteiger partial charge in [-0.1, -0.05) is 28.1 Å². The number of hydrogen-bond acceptors (Lipinski definition) is 0. The molecular weight excluding hydrogens is 318 g/mol. The molecule has 0 aliphatic heterocycles. The molecule has 0 radical (unpaired) electrons. The topological polar surface area (TPSA) is 0 Å². The smallest absolute Gasteiger partial charge is 0.147 e. The van der Waals surface area contributed by atoms with Crippen molar-refractivity contribution in [3.05, 3.63) is 39.9 Å². The summed E-state index contributed by atoms with van der Waals surface area (Å²) in [6.45, 7) is 0. The normalized spacial score (nSPS) is 11.1. The van der Waals surface area contributed by atoms with E-state index in [1.165, 1.54) is 18.2 Å². The van der Waals surface area contributed by atoms with E-state index in [1.807, 2.05) is 0 Å². The van der Waals surface area contributed by atoms with Crippen molar-refractivity contribution >= 4 is 37.9 Å². The third kappa shape index (κ3) is 2.89. The second kappa shape index (κ2) is 5.61. The van der Waals surface area contributed by atoms with E-state index in [4.69, 9.17) is 0 Å². The zero-order chi connectivity index (χ0) is 10.6. The first kappa shape index (κ1) is 11.9. The first-order valence-corrected chi connectivity index (χ1v) is 5.94. The molecule has 0 aliphatic rings. The molecular formula is C10H8Br2F2. The standard InChI is InChI=1S/C10H8Br2F2/c11-6-2-1-3-7-9(13)5-4-8(12)10(7)14/h1,3-5H,2,6H2/b3-1+. The van der Waals surface area contributed by atoms with Crippen LogP contribution in [0.3, 0.4) is 0 Å². The molecule has 0 saturated heterocycles. The Kier molecular flexibility index (Phi) is 4.75. The third-order valence-electron chi connectivity index (χ3n) is 1.64. The first-order chi connectivity index (χ1) is 6.66. The summed E-state index contributed by atoms with van der Waals surface area (Å²) in [5, 5.41) is 0.779. The minimum absolute atomic E-state index is 0.000301. The van der Waals surface area contributed by atoms with Crippen LogP contribution in [0, 0.1) is 11.6 Å². The highest BCUT2D eigenvalue weighted by Crippen LogP contribution is 2.22. The first-order valence-electron chi connectivity index (χ1n) is 4.03. The number of alkyl halides is 1. The van der Waals surface area contributed by atoms with E-state index >= 15 is 0 Å². The van der Waals surface area contributed by atoms with Gasteiger partial charge in [-0.05, 0) is 34.5 Å². The van der Waals surface area contributed by atoms with Crippen LogP contribution >= 0.6 is 31.9 Å². The summed E-state index contributed by atoms with van der Waals surface area (Å²) >= 11 is 6.23. The molecule has 0 bridgehead atoms. The highest BCUT2D eigenvalue weighted by molar-refractivity contribution is 9.10. The molecule has 0 unspecified atom stereocenters. The molecule has 14 heavy (non-hydrogen) atoms. The van der Waals surface area contributed by atoms with Crippen LogP contribution in [0.5, 0.6) is 0 Å².